The molecule has 6 nitrogen and oxygen atoms in total. The molecule has 0 aliphatic rings. The number of benzene rings is 1. The second-order valence-electron chi connectivity index (χ2n) is 3.43. The van der Waals surface area contributed by atoms with Crippen molar-refractivity contribution in [3.8, 4) is 0 Å². The number of sulfonamides is 1. The van der Waals surface area contributed by atoms with E-state index in [1.807, 2.05) is 0 Å². The van der Waals surface area contributed by atoms with Crippen molar-refractivity contribution >= 4 is 31.6 Å². The molecule has 1 rings (SSSR count). The van der Waals surface area contributed by atoms with Gasteiger partial charge in [0.05, 0.1) is 4.92 Å². The molecular weight excluding hydrogens is 350 g/mol. The molecule has 0 fully saturated rings. The van der Waals surface area contributed by atoms with Crippen LogP contribution in [0.5, 0.6) is 0 Å². The summed E-state index contributed by atoms with van der Waals surface area (Å²) in [4.78, 5) is 8.43. The Kier molecular flexibility index (Phi) is 5.32. The van der Waals surface area contributed by atoms with Gasteiger partial charge in [0.25, 0.3) is 0 Å². The normalized spacial score (nSPS) is 11.5. The first-order valence-corrected chi connectivity index (χ1v) is 7.59. The summed E-state index contributed by atoms with van der Waals surface area (Å²) >= 11 is 3.08. The second-order valence-corrected chi connectivity index (χ2v) is 5.96. The van der Waals surface area contributed by atoms with Crippen LogP contribution in [0.2, 0.25) is 0 Å². The van der Waals surface area contributed by atoms with E-state index in [2.05, 4.69) is 20.7 Å². The van der Waals surface area contributed by atoms with E-state index in [9.17, 15) is 27.3 Å². The summed E-state index contributed by atoms with van der Waals surface area (Å²) in [5.41, 5.74) is -1.10. The predicted molar refractivity (Wildman–Crippen MR) is 66.6 cm³/mol. The number of nitrogens with zero attached hydrogens (tertiary/aromatic N) is 1. The van der Waals surface area contributed by atoms with Crippen LogP contribution >= 0.6 is 15.9 Å². The van der Waals surface area contributed by atoms with Crippen LogP contribution in [0, 0.1) is 21.7 Å². The molecular formula is C9H9BrF2N2O4S. The van der Waals surface area contributed by atoms with E-state index in [1.165, 1.54) is 0 Å². The van der Waals surface area contributed by atoms with E-state index in [0.29, 0.717) is 17.8 Å². The second kappa shape index (κ2) is 6.35. The van der Waals surface area contributed by atoms with Gasteiger partial charge in [0.15, 0.2) is 0 Å². The van der Waals surface area contributed by atoms with Gasteiger partial charge in [-0.25, -0.2) is 17.5 Å². The van der Waals surface area contributed by atoms with Crippen molar-refractivity contribution in [2.45, 2.75) is 11.3 Å². The van der Waals surface area contributed by atoms with Crippen LogP contribution < -0.4 is 4.72 Å². The molecule has 0 aliphatic carbocycles. The van der Waals surface area contributed by atoms with Gasteiger partial charge in [-0.05, 0) is 6.42 Å². The molecule has 0 spiro atoms. The zero-order valence-electron chi connectivity index (χ0n) is 9.40. The molecule has 0 amide bonds. The fraction of sp³-hybridized carbons (Fsp3) is 0.333. The van der Waals surface area contributed by atoms with Gasteiger partial charge >= 0.3 is 5.69 Å². The third-order valence-electron chi connectivity index (χ3n) is 2.09. The van der Waals surface area contributed by atoms with Crippen LogP contribution in [-0.2, 0) is 10.0 Å². The summed E-state index contributed by atoms with van der Waals surface area (Å²) in [6.45, 7) is 0.0260. The van der Waals surface area contributed by atoms with Crippen LogP contribution in [0.25, 0.3) is 0 Å². The van der Waals surface area contributed by atoms with E-state index < -0.39 is 37.2 Å². The van der Waals surface area contributed by atoms with Crippen LogP contribution in [0.4, 0.5) is 14.5 Å². The van der Waals surface area contributed by atoms with Gasteiger partial charge in [-0.3, -0.25) is 10.1 Å². The Morgan fingerprint density at radius 2 is 1.95 bits per heavy atom. The van der Waals surface area contributed by atoms with Crippen molar-refractivity contribution in [2.24, 2.45) is 0 Å². The lowest BCUT2D eigenvalue weighted by Gasteiger charge is -2.07. The molecule has 0 saturated carbocycles. The highest BCUT2D eigenvalue weighted by Crippen LogP contribution is 2.24. The van der Waals surface area contributed by atoms with Crippen LogP contribution in [0.1, 0.15) is 6.42 Å². The fourth-order valence-corrected chi connectivity index (χ4v) is 2.65. The van der Waals surface area contributed by atoms with Crippen molar-refractivity contribution in [2.75, 3.05) is 11.9 Å². The zero-order valence-corrected chi connectivity index (χ0v) is 11.8. The van der Waals surface area contributed by atoms with Crippen molar-refractivity contribution < 1.29 is 22.1 Å². The number of rotatable bonds is 6. The van der Waals surface area contributed by atoms with E-state index in [-0.39, 0.29) is 12.6 Å². The first-order valence-electron chi connectivity index (χ1n) is 4.98. The first kappa shape index (κ1) is 15.9. The molecule has 1 N–H and O–H groups in total. The summed E-state index contributed by atoms with van der Waals surface area (Å²) in [6.07, 6.45) is 0.449. The highest BCUT2D eigenvalue weighted by Gasteiger charge is 2.25. The number of hydrogen-bond acceptors (Lipinski definition) is 4. The fourth-order valence-electron chi connectivity index (χ4n) is 1.22. The molecule has 0 aromatic heterocycles. The largest absolute Gasteiger partial charge is 0.306 e. The van der Waals surface area contributed by atoms with Gasteiger partial charge in [0.2, 0.25) is 15.8 Å². The van der Waals surface area contributed by atoms with E-state index >= 15 is 0 Å². The number of nitro benzene ring substituents is 1. The van der Waals surface area contributed by atoms with Gasteiger partial charge < -0.3 is 0 Å². The Balaban J connectivity index is 3.19. The SMILES string of the molecule is O=[N+]([O-])c1cc(S(=O)(=O)NCCCBr)c(F)cc1F. The summed E-state index contributed by atoms with van der Waals surface area (Å²) in [5.74, 6) is -2.81. The maximum atomic E-state index is 13.4. The minimum absolute atomic E-state index is 0.0260. The van der Waals surface area contributed by atoms with E-state index in [0.717, 1.165) is 0 Å². The molecule has 0 radical (unpaired) electrons. The van der Waals surface area contributed by atoms with Crippen molar-refractivity contribution in [3.63, 3.8) is 0 Å². The molecule has 0 atom stereocenters. The monoisotopic (exact) mass is 358 g/mol. The molecule has 10 heteroatoms. The molecule has 1 aromatic rings. The predicted octanol–water partition coefficient (Wildman–Crippen LogP) is 1.94. The lowest BCUT2D eigenvalue weighted by Crippen LogP contribution is -2.26. The van der Waals surface area contributed by atoms with Crippen LogP contribution in [0.15, 0.2) is 17.0 Å². The van der Waals surface area contributed by atoms with Crippen LogP contribution in [-0.4, -0.2) is 25.2 Å². The average Bonchev–Trinajstić information content (AvgIpc) is 2.28. The Morgan fingerprint density at radius 1 is 1.32 bits per heavy atom. The number of nitro groups is 1. The number of halogens is 3. The summed E-state index contributed by atoms with van der Waals surface area (Å²) < 4.78 is 51.9. The Morgan fingerprint density at radius 3 is 2.47 bits per heavy atom. The highest BCUT2D eigenvalue weighted by atomic mass is 79.9. The van der Waals surface area contributed by atoms with Crippen molar-refractivity contribution in [1.82, 2.24) is 4.72 Å². The maximum absolute atomic E-state index is 13.4. The van der Waals surface area contributed by atoms with Gasteiger partial charge in [-0.2, -0.15) is 4.39 Å². The first-order chi connectivity index (χ1) is 8.79. The standard InChI is InChI=1S/C9H9BrF2N2O4S/c10-2-1-3-13-19(17,18)9-5-8(14(15)16)6(11)4-7(9)12/h4-5,13H,1-3H2. The van der Waals surface area contributed by atoms with E-state index in [1.54, 1.807) is 0 Å². The summed E-state index contributed by atoms with van der Waals surface area (Å²) in [7, 11) is -4.25. The Bertz CT molecular complexity index is 594. The Labute approximate surface area is 116 Å². The third-order valence-corrected chi connectivity index (χ3v) is 4.13. The zero-order chi connectivity index (χ0) is 14.6. The summed E-state index contributed by atoms with van der Waals surface area (Å²) in [6, 6.07) is 0.540. The number of nitrogens with one attached hydrogen (secondary N) is 1. The molecule has 106 valence electrons. The molecule has 19 heavy (non-hydrogen) atoms. The molecule has 0 aliphatic heterocycles. The smallest absolute Gasteiger partial charge is 0.258 e. The Hall–Kier alpha value is -1.13. The molecule has 0 unspecified atom stereocenters. The maximum Gasteiger partial charge on any atom is 0.306 e. The lowest BCUT2D eigenvalue weighted by molar-refractivity contribution is -0.387. The lowest BCUT2D eigenvalue weighted by atomic mass is 10.3. The van der Waals surface area contributed by atoms with Crippen LogP contribution in [0.3, 0.4) is 0 Å². The number of alkyl halides is 1. The third kappa shape index (κ3) is 3.91. The average molecular weight is 359 g/mol. The van der Waals surface area contributed by atoms with Gasteiger partial charge in [0, 0.05) is 24.0 Å². The quantitative estimate of drug-likeness (QED) is 0.364. The highest BCUT2D eigenvalue weighted by molar-refractivity contribution is 9.09. The van der Waals surface area contributed by atoms with Crippen molar-refractivity contribution in [1.29, 1.82) is 0 Å². The minimum Gasteiger partial charge on any atom is -0.258 e. The number of hydrogen-bond donors (Lipinski definition) is 1. The topological polar surface area (TPSA) is 89.3 Å². The molecule has 0 bridgehead atoms. The van der Waals surface area contributed by atoms with Gasteiger partial charge in [0.1, 0.15) is 10.7 Å². The molecule has 1 aromatic carbocycles. The summed E-state index contributed by atoms with van der Waals surface area (Å²) in [5, 5.41) is 11.0. The van der Waals surface area contributed by atoms with Gasteiger partial charge in [-0.15, -0.1) is 0 Å². The molecule has 0 saturated heterocycles. The minimum atomic E-state index is -4.25. The molecule has 0 heterocycles. The van der Waals surface area contributed by atoms with E-state index in [4.69, 9.17) is 0 Å². The van der Waals surface area contributed by atoms with Gasteiger partial charge in [-0.1, -0.05) is 15.9 Å². The van der Waals surface area contributed by atoms with Crippen molar-refractivity contribution in [3.05, 3.63) is 33.9 Å².